The maximum absolute atomic E-state index is 15.4. The van der Waals surface area contributed by atoms with Crippen molar-refractivity contribution in [3.05, 3.63) is 71.2 Å². The number of nitrogens with one attached hydrogen (secondary N) is 3. The highest BCUT2D eigenvalue weighted by atomic mass is 19.1. The van der Waals surface area contributed by atoms with Gasteiger partial charge in [-0.15, -0.1) is 0 Å². The molecular weight excluding hydrogens is 481 g/mol. The maximum Gasteiger partial charge on any atom is 0.254 e. The lowest BCUT2D eigenvalue weighted by atomic mass is 9.96. The van der Waals surface area contributed by atoms with Crippen molar-refractivity contribution in [2.24, 2.45) is 0 Å². The molecule has 2 aromatic carbocycles. The van der Waals surface area contributed by atoms with Crippen molar-refractivity contribution < 1.29 is 15.3 Å². The zero-order valence-corrected chi connectivity index (χ0v) is 22.9. The molecule has 1 aromatic heterocycles. The van der Waals surface area contributed by atoms with Crippen LogP contribution in [-0.2, 0) is 6.42 Å². The van der Waals surface area contributed by atoms with Gasteiger partial charge < -0.3 is 20.8 Å². The largest absolute Gasteiger partial charge is 0.457 e. The van der Waals surface area contributed by atoms with Crippen molar-refractivity contribution >= 4 is 17.3 Å². The number of pyridine rings is 1. The number of aryl methyl sites for hydroxylation is 1. The van der Waals surface area contributed by atoms with Crippen LogP contribution in [0.2, 0.25) is 0 Å². The number of carbonyl (C=O) groups excluding carboxylic acids is 1. The van der Waals surface area contributed by atoms with Gasteiger partial charge in [-0.3, -0.25) is 14.7 Å². The van der Waals surface area contributed by atoms with E-state index in [4.69, 9.17) is 10.1 Å². The molecule has 1 amide bonds. The van der Waals surface area contributed by atoms with Gasteiger partial charge in [0.2, 0.25) is 0 Å². The lowest BCUT2D eigenvalue weighted by Crippen LogP contribution is -2.64. The predicted octanol–water partition coefficient (Wildman–Crippen LogP) is 6.13. The Bertz CT molecular complexity index is 1370. The highest BCUT2D eigenvalue weighted by Crippen LogP contribution is 2.31. The lowest BCUT2D eigenvalue weighted by Gasteiger charge is -2.47. The molecule has 8 heteroatoms. The summed E-state index contributed by atoms with van der Waals surface area (Å²) < 4.78 is 21.4. The van der Waals surface area contributed by atoms with Crippen LogP contribution in [0.15, 0.2) is 48.7 Å². The van der Waals surface area contributed by atoms with E-state index in [1.54, 1.807) is 38.4 Å². The van der Waals surface area contributed by atoms with Crippen LogP contribution in [-0.4, -0.2) is 53.2 Å². The van der Waals surface area contributed by atoms with E-state index in [1.165, 1.54) is 6.07 Å². The molecule has 1 saturated heterocycles. The molecule has 0 saturated carbocycles. The molecule has 1 aliphatic rings. The molecule has 0 atom stereocenters. The molecule has 4 rings (SSSR count). The first kappa shape index (κ1) is 27.3. The van der Waals surface area contributed by atoms with Gasteiger partial charge in [-0.25, -0.2) is 4.39 Å². The van der Waals surface area contributed by atoms with Gasteiger partial charge in [-0.2, -0.15) is 0 Å². The fourth-order valence-corrected chi connectivity index (χ4v) is 4.61. The third-order valence-corrected chi connectivity index (χ3v) is 6.87. The van der Waals surface area contributed by atoms with Crippen LogP contribution in [0.4, 0.5) is 10.1 Å². The van der Waals surface area contributed by atoms with Crippen LogP contribution in [0.5, 0.6) is 11.5 Å². The fraction of sp³-hybridized carbons (Fsp3) is 0.367. The van der Waals surface area contributed by atoms with E-state index in [0.29, 0.717) is 40.5 Å². The minimum absolute atomic E-state index is 0. The zero-order valence-electron chi connectivity index (χ0n) is 22.9. The second kappa shape index (κ2) is 10.9. The Morgan fingerprint density at radius 2 is 1.89 bits per heavy atom. The first-order valence-electron chi connectivity index (χ1n) is 12.9. The Kier molecular flexibility index (Phi) is 7.83. The van der Waals surface area contributed by atoms with Crippen molar-refractivity contribution in [3.63, 3.8) is 0 Å². The monoisotopic (exact) mass is 519 g/mol. The molecule has 2 heterocycles. The predicted molar refractivity (Wildman–Crippen MR) is 152 cm³/mol. The van der Waals surface area contributed by atoms with Crippen molar-refractivity contribution in [2.75, 3.05) is 25.5 Å². The summed E-state index contributed by atoms with van der Waals surface area (Å²) in [5, 5.41) is 14.0. The SMILES string of the molecule is CCc1cc(-c2cc(Oc3ccc(C(C)=N)c(NC)c3)ccn2)cc(F)c1C(=O)NC1CN(C(C)(C)C)C1.[HH]. The van der Waals surface area contributed by atoms with Gasteiger partial charge >= 0.3 is 0 Å². The Labute approximate surface area is 225 Å². The Morgan fingerprint density at radius 3 is 2.53 bits per heavy atom. The van der Waals surface area contributed by atoms with E-state index in [0.717, 1.165) is 24.3 Å². The molecule has 0 unspecified atom stereocenters. The number of anilines is 1. The third-order valence-electron chi connectivity index (χ3n) is 6.87. The molecule has 1 fully saturated rings. The van der Waals surface area contributed by atoms with Gasteiger partial charge in [0, 0.05) is 68.0 Å². The first-order valence-corrected chi connectivity index (χ1v) is 12.9. The topological polar surface area (TPSA) is 90.3 Å². The highest BCUT2D eigenvalue weighted by Gasteiger charge is 2.35. The maximum atomic E-state index is 15.4. The molecular formula is C30H38FN5O2. The molecule has 0 radical (unpaired) electrons. The minimum atomic E-state index is -0.562. The fourth-order valence-electron chi connectivity index (χ4n) is 4.61. The number of aromatic nitrogens is 1. The van der Waals surface area contributed by atoms with Crippen molar-refractivity contribution in [1.82, 2.24) is 15.2 Å². The smallest absolute Gasteiger partial charge is 0.254 e. The molecule has 38 heavy (non-hydrogen) atoms. The average Bonchev–Trinajstić information content (AvgIpc) is 2.84. The summed E-state index contributed by atoms with van der Waals surface area (Å²) in [4.78, 5) is 19.7. The molecule has 0 spiro atoms. The van der Waals surface area contributed by atoms with E-state index >= 15 is 4.39 Å². The standard InChI is InChI=1S/C30H36FN5O2.H2/c1-7-19-12-20(13-25(31)28(19)29(37)35-21-16-36(17-21)30(3,4)5)26-14-23(10-11-34-26)38-22-8-9-24(18(2)32)27(15-22)33-6;/h8-15,21,32-33H,7,16-17H2,1-6H3,(H,35,37);1H. The van der Waals surface area contributed by atoms with E-state index in [9.17, 15) is 4.79 Å². The Balaban J connectivity index is 0.00000420. The number of rotatable bonds is 8. The van der Waals surface area contributed by atoms with Crippen LogP contribution in [0.25, 0.3) is 11.3 Å². The number of amides is 1. The normalized spacial score (nSPS) is 14.1. The van der Waals surface area contributed by atoms with Crippen molar-refractivity contribution in [2.45, 2.75) is 52.6 Å². The molecule has 0 aliphatic carbocycles. The number of hydrogen-bond acceptors (Lipinski definition) is 6. The number of benzene rings is 2. The molecule has 202 valence electrons. The molecule has 1 aliphatic heterocycles. The number of halogens is 1. The van der Waals surface area contributed by atoms with E-state index in [1.807, 2.05) is 25.1 Å². The quantitative estimate of drug-likeness (QED) is 0.312. The lowest BCUT2D eigenvalue weighted by molar-refractivity contribution is 0.0330. The summed E-state index contributed by atoms with van der Waals surface area (Å²) >= 11 is 0. The number of carbonyl (C=O) groups is 1. The van der Waals surface area contributed by atoms with E-state index in [2.05, 4.69) is 41.3 Å². The van der Waals surface area contributed by atoms with Gasteiger partial charge in [-0.05, 0) is 70.0 Å². The summed E-state index contributed by atoms with van der Waals surface area (Å²) in [5.41, 5.74) is 3.95. The van der Waals surface area contributed by atoms with Gasteiger partial charge in [0.05, 0.1) is 17.3 Å². The van der Waals surface area contributed by atoms with Gasteiger partial charge in [0.1, 0.15) is 17.3 Å². The molecule has 3 N–H and O–H groups in total. The summed E-state index contributed by atoms with van der Waals surface area (Å²) in [7, 11) is 1.80. The van der Waals surface area contributed by atoms with Crippen LogP contribution < -0.4 is 15.4 Å². The Morgan fingerprint density at radius 1 is 1.18 bits per heavy atom. The summed E-state index contributed by atoms with van der Waals surface area (Å²) in [6, 6.07) is 12.2. The van der Waals surface area contributed by atoms with Crippen molar-refractivity contribution in [3.8, 4) is 22.8 Å². The van der Waals surface area contributed by atoms with Crippen molar-refractivity contribution in [1.29, 1.82) is 5.41 Å². The summed E-state index contributed by atoms with van der Waals surface area (Å²) in [5.74, 6) is 0.210. The second-order valence-electron chi connectivity index (χ2n) is 10.7. The molecule has 0 bridgehead atoms. The van der Waals surface area contributed by atoms with Gasteiger partial charge in [0.25, 0.3) is 5.91 Å². The highest BCUT2D eigenvalue weighted by molar-refractivity contribution is 6.01. The first-order chi connectivity index (χ1) is 18.0. The van der Waals surface area contributed by atoms with E-state index < -0.39 is 5.82 Å². The molecule has 7 nitrogen and oxygen atoms in total. The third kappa shape index (κ3) is 5.86. The average molecular weight is 520 g/mol. The van der Waals surface area contributed by atoms with Gasteiger partial charge in [0.15, 0.2) is 0 Å². The van der Waals surface area contributed by atoms with Crippen LogP contribution in [0.1, 0.15) is 57.5 Å². The molecule has 3 aromatic rings. The Hall–Kier alpha value is -3.78. The van der Waals surface area contributed by atoms with Crippen LogP contribution in [0.3, 0.4) is 0 Å². The van der Waals surface area contributed by atoms with E-state index in [-0.39, 0.29) is 24.5 Å². The number of ether oxygens (including phenoxy) is 1. The van der Waals surface area contributed by atoms with Gasteiger partial charge in [-0.1, -0.05) is 6.92 Å². The number of hydrogen-bond donors (Lipinski definition) is 3. The summed E-state index contributed by atoms with van der Waals surface area (Å²) in [6.45, 7) is 11.6. The second-order valence-corrected chi connectivity index (χ2v) is 10.7. The number of nitrogens with zero attached hydrogens (tertiary/aromatic N) is 2. The van der Waals surface area contributed by atoms with Crippen LogP contribution in [0, 0.1) is 11.2 Å². The number of likely N-dealkylation sites (tertiary alicyclic amines) is 1. The summed E-state index contributed by atoms with van der Waals surface area (Å²) in [6.07, 6.45) is 2.12. The zero-order chi connectivity index (χ0) is 27.6. The minimum Gasteiger partial charge on any atom is -0.457 e. The van der Waals surface area contributed by atoms with Crippen LogP contribution >= 0.6 is 0 Å².